The van der Waals surface area contributed by atoms with Crippen LogP contribution < -0.4 is 14.9 Å². The van der Waals surface area contributed by atoms with Crippen LogP contribution in [0.15, 0.2) is 47.6 Å². The Morgan fingerprint density at radius 2 is 1.75 bits per heavy atom. The van der Waals surface area contributed by atoms with Crippen molar-refractivity contribution < 1.29 is 19.1 Å². The molecule has 0 aliphatic heterocycles. The molecule has 0 saturated carbocycles. The number of rotatable bonds is 4. The van der Waals surface area contributed by atoms with Crippen molar-refractivity contribution in [3.8, 4) is 11.5 Å². The van der Waals surface area contributed by atoms with Crippen LogP contribution in [0.3, 0.4) is 0 Å². The molecule has 0 saturated heterocycles. The minimum Gasteiger partial charge on any atom is -0.493 e. The van der Waals surface area contributed by atoms with Crippen LogP contribution in [0.1, 0.15) is 32.7 Å². The van der Waals surface area contributed by atoms with Crippen LogP contribution in [0.4, 0.5) is 0 Å². The number of hydrazone groups is 1. The van der Waals surface area contributed by atoms with Crippen molar-refractivity contribution in [2.45, 2.75) is 6.42 Å². The number of methoxy groups -OCH3 is 2. The highest BCUT2D eigenvalue weighted by Gasteiger charge is 2.25. The van der Waals surface area contributed by atoms with Gasteiger partial charge in [0.2, 0.25) is 0 Å². The summed E-state index contributed by atoms with van der Waals surface area (Å²) < 4.78 is 10.3. The Morgan fingerprint density at radius 3 is 2.46 bits per heavy atom. The fourth-order valence-corrected chi connectivity index (χ4v) is 2.58. The molecule has 0 spiro atoms. The minimum atomic E-state index is -0.389. The Kier molecular flexibility index (Phi) is 4.29. The van der Waals surface area contributed by atoms with Gasteiger partial charge in [0.1, 0.15) is 0 Å². The summed E-state index contributed by atoms with van der Waals surface area (Å²) in [7, 11) is 3.03. The lowest BCUT2D eigenvalue weighted by molar-refractivity contribution is 0.0951. The van der Waals surface area contributed by atoms with Gasteiger partial charge in [0.05, 0.1) is 26.4 Å². The molecule has 6 heteroatoms. The number of Topliss-reactive ketones (excluding diaryl/α,β-unsaturated/α-hetero) is 1. The minimum absolute atomic E-state index is 0.00437. The molecule has 1 aliphatic rings. The van der Waals surface area contributed by atoms with Gasteiger partial charge in [-0.25, -0.2) is 5.43 Å². The van der Waals surface area contributed by atoms with Crippen molar-refractivity contribution in [2.24, 2.45) is 5.10 Å². The summed E-state index contributed by atoms with van der Waals surface area (Å²) in [6.07, 6.45) is 0.186. The molecule has 0 fully saturated rings. The number of fused-ring (bicyclic) bond motifs is 1. The lowest BCUT2D eigenvalue weighted by Gasteiger charge is -2.09. The van der Waals surface area contributed by atoms with Crippen molar-refractivity contribution >= 4 is 17.4 Å². The van der Waals surface area contributed by atoms with Gasteiger partial charge in [-0.05, 0) is 18.2 Å². The summed E-state index contributed by atoms with van der Waals surface area (Å²) in [5, 5.41) is 4.11. The molecule has 24 heavy (non-hydrogen) atoms. The van der Waals surface area contributed by atoms with Crippen LogP contribution in [-0.4, -0.2) is 31.6 Å². The highest BCUT2D eigenvalue weighted by atomic mass is 16.5. The first kappa shape index (κ1) is 15.7. The van der Waals surface area contributed by atoms with E-state index in [4.69, 9.17) is 9.47 Å². The number of carbonyl (C=O) groups is 2. The van der Waals surface area contributed by atoms with Crippen molar-refractivity contribution in [1.82, 2.24) is 5.43 Å². The second-order valence-electron chi connectivity index (χ2n) is 5.21. The molecule has 0 radical (unpaired) electrons. The Bertz CT molecular complexity index is 843. The predicted molar refractivity (Wildman–Crippen MR) is 88.9 cm³/mol. The van der Waals surface area contributed by atoms with E-state index in [9.17, 15) is 9.59 Å². The maximum Gasteiger partial charge on any atom is 0.271 e. The van der Waals surface area contributed by atoms with Gasteiger partial charge in [-0.3, -0.25) is 9.59 Å². The van der Waals surface area contributed by atoms with E-state index < -0.39 is 0 Å². The van der Waals surface area contributed by atoms with Gasteiger partial charge in [0, 0.05) is 16.7 Å². The lowest BCUT2D eigenvalue weighted by Crippen LogP contribution is -2.19. The lowest BCUT2D eigenvalue weighted by atomic mass is 10.1. The maximum absolute atomic E-state index is 12.3. The first-order valence-electron chi connectivity index (χ1n) is 7.35. The van der Waals surface area contributed by atoms with Gasteiger partial charge in [-0.1, -0.05) is 24.3 Å². The van der Waals surface area contributed by atoms with Crippen LogP contribution in [0.5, 0.6) is 11.5 Å². The smallest absolute Gasteiger partial charge is 0.271 e. The monoisotopic (exact) mass is 324 g/mol. The normalized spacial score (nSPS) is 14.4. The van der Waals surface area contributed by atoms with E-state index >= 15 is 0 Å². The van der Waals surface area contributed by atoms with Crippen LogP contribution >= 0.6 is 0 Å². The van der Waals surface area contributed by atoms with E-state index in [1.54, 1.807) is 24.3 Å². The summed E-state index contributed by atoms with van der Waals surface area (Å²) >= 11 is 0. The van der Waals surface area contributed by atoms with E-state index in [1.165, 1.54) is 14.2 Å². The van der Waals surface area contributed by atoms with E-state index in [0.717, 1.165) is 5.56 Å². The number of ketones is 1. The number of benzene rings is 2. The number of ether oxygens (including phenoxy) is 2. The maximum atomic E-state index is 12.3. The summed E-state index contributed by atoms with van der Waals surface area (Å²) in [6, 6.07) is 12.1. The van der Waals surface area contributed by atoms with Crippen LogP contribution in [0.25, 0.3) is 0 Å². The predicted octanol–water partition coefficient (Wildman–Crippen LogP) is 2.42. The second kappa shape index (κ2) is 6.54. The SMILES string of the molecule is COc1ccc(C(=O)N/N=C2\CC(=O)c3ccccc32)cc1OC. The zero-order valence-corrected chi connectivity index (χ0v) is 13.3. The molecule has 1 aliphatic carbocycles. The molecule has 1 N–H and O–H groups in total. The molecule has 0 atom stereocenters. The molecule has 2 aromatic rings. The quantitative estimate of drug-likeness (QED) is 0.876. The van der Waals surface area contributed by atoms with E-state index in [-0.39, 0.29) is 18.1 Å². The Labute approximate surface area is 139 Å². The van der Waals surface area contributed by atoms with Crippen molar-refractivity contribution in [1.29, 1.82) is 0 Å². The van der Waals surface area contributed by atoms with Crippen LogP contribution in [0.2, 0.25) is 0 Å². The Hall–Kier alpha value is -3.15. The first-order chi connectivity index (χ1) is 11.6. The Morgan fingerprint density at radius 1 is 1.04 bits per heavy atom. The third kappa shape index (κ3) is 2.86. The van der Waals surface area contributed by atoms with E-state index in [1.807, 2.05) is 18.2 Å². The van der Waals surface area contributed by atoms with Crippen molar-refractivity contribution in [3.05, 3.63) is 59.2 Å². The van der Waals surface area contributed by atoms with Crippen molar-refractivity contribution in [3.63, 3.8) is 0 Å². The molecular weight excluding hydrogens is 308 g/mol. The summed E-state index contributed by atoms with van der Waals surface area (Å²) in [6.45, 7) is 0. The fraction of sp³-hybridized carbons (Fsp3) is 0.167. The average molecular weight is 324 g/mol. The molecular formula is C18H16N2O4. The number of nitrogens with zero attached hydrogens (tertiary/aromatic N) is 1. The summed E-state index contributed by atoms with van der Waals surface area (Å²) in [4.78, 5) is 24.2. The van der Waals surface area contributed by atoms with Gasteiger partial charge in [-0.2, -0.15) is 5.10 Å². The van der Waals surface area contributed by atoms with Crippen LogP contribution in [0, 0.1) is 0 Å². The van der Waals surface area contributed by atoms with E-state index in [0.29, 0.717) is 28.3 Å². The van der Waals surface area contributed by atoms with Gasteiger partial charge in [0.15, 0.2) is 17.3 Å². The number of amides is 1. The molecule has 2 aromatic carbocycles. The topological polar surface area (TPSA) is 77.0 Å². The molecule has 0 unspecified atom stereocenters. The first-order valence-corrected chi connectivity index (χ1v) is 7.35. The fourth-order valence-electron chi connectivity index (χ4n) is 2.58. The molecule has 0 bridgehead atoms. The number of carbonyl (C=O) groups excluding carboxylic acids is 2. The largest absolute Gasteiger partial charge is 0.493 e. The third-order valence-electron chi connectivity index (χ3n) is 3.80. The van der Waals surface area contributed by atoms with E-state index in [2.05, 4.69) is 10.5 Å². The highest BCUT2D eigenvalue weighted by Crippen LogP contribution is 2.27. The summed E-state index contributed by atoms with van der Waals surface area (Å²) in [5.74, 6) is 0.611. The van der Waals surface area contributed by atoms with Gasteiger partial charge >= 0.3 is 0 Å². The molecule has 1 amide bonds. The van der Waals surface area contributed by atoms with Gasteiger partial charge in [0.25, 0.3) is 5.91 Å². The van der Waals surface area contributed by atoms with Crippen LogP contribution in [-0.2, 0) is 0 Å². The second-order valence-corrected chi connectivity index (χ2v) is 5.21. The average Bonchev–Trinajstić information content (AvgIpc) is 2.95. The van der Waals surface area contributed by atoms with Gasteiger partial charge < -0.3 is 9.47 Å². The van der Waals surface area contributed by atoms with Crippen molar-refractivity contribution in [2.75, 3.05) is 14.2 Å². The number of hydrogen-bond donors (Lipinski definition) is 1. The highest BCUT2D eigenvalue weighted by molar-refractivity contribution is 6.26. The summed E-state index contributed by atoms with van der Waals surface area (Å²) in [5.41, 5.74) is 4.83. The molecule has 3 rings (SSSR count). The zero-order valence-electron chi connectivity index (χ0n) is 13.3. The number of nitrogens with one attached hydrogen (secondary N) is 1. The molecule has 122 valence electrons. The van der Waals surface area contributed by atoms with Gasteiger partial charge in [-0.15, -0.1) is 0 Å². The molecule has 0 aromatic heterocycles. The standard InChI is InChI=1S/C18H16N2O4/c1-23-16-8-7-11(9-17(16)24-2)18(22)20-19-14-10-15(21)13-6-4-3-5-12(13)14/h3-9H,10H2,1-2H3,(H,20,22)/b19-14+. The Balaban J connectivity index is 1.80. The number of hydrogen-bond acceptors (Lipinski definition) is 5. The molecule has 0 heterocycles. The zero-order chi connectivity index (χ0) is 17.1. The molecule has 6 nitrogen and oxygen atoms in total. The third-order valence-corrected chi connectivity index (χ3v) is 3.80.